The number of aliphatic imine (C=N–C) groups is 1. The van der Waals surface area contributed by atoms with Gasteiger partial charge in [-0.1, -0.05) is 18.2 Å². The number of nitrogens with two attached hydrogens (primary N) is 1. The number of amides is 1. The highest BCUT2D eigenvalue weighted by atomic mass is 127. The Morgan fingerprint density at radius 2 is 2.23 bits per heavy atom. The van der Waals surface area contributed by atoms with Crippen LogP contribution in [0.1, 0.15) is 5.56 Å². The molecule has 1 amide bonds. The van der Waals surface area contributed by atoms with E-state index in [1.165, 1.54) is 0 Å². The van der Waals surface area contributed by atoms with E-state index in [1.807, 2.05) is 24.3 Å². The minimum absolute atomic E-state index is 0.0466. The highest BCUT2D eigenvalue weighted by Gasteiger charge is 1.93. The van der Waals surface area contributed by atoms with Crippen molar-refractivity contribution in [2.24, 2.45) is 10.7 Å². The van der Waals surface area contributed by atoms with E-state index in [1.54, 1.807) is 6.21 Å². The fourth-order valence-corrected chi connectivity index (χ4v) is 1.34. The van der Waals surface area contributed by atoms with Crippen molar-refractivity contribution in [3.8, 4) is 0 Å². The summed E-state index contributed by atoms with van der Waals surface area (Å²) in [5, 5.41) is 0. The number of primary amides is 1. The summed E-state index contributed by atoms with van der Waals surface area (Å²) >= 11 is 2.21. The van der Waals surface area contributed by atoms with Gasteiger partial charge >= 0.3 is 0 Å². The first kappa shape index (κ1) is 10.2. The van der Waals surface area contributed by atoms with Gasteiger partial charge in [0, 0.05) is 15.3 Å². The van der Waals surface area contributed by atoms with Crippen molar-refractivity contribution in [2.45, 2.75) is 0 Å². The third-order valence-electron chi connectivity index (χ3n) is 1.38. The molecule has 0 aliphatic rings. The average Bonchev–Trinajstić information content (AvgIpc) is 2.08. The summed E-state index contributed by atoms with van der Waals surface area (Å²) < 4.78 is 1.10. The van der Waals surface area contributed by atoms with Gasteiger partial charge in [0.2, 0.25) is 5.91 Å². The summed E-state index contributed by atoms with van der Waals surface area (Å²) in [7, 11) is 0. The van der Waals surface area contributed by atoms with Crippen molar-refractivity contribution >= 4 is 34.7 Å². The number of hydrogen-bond donors (Lipinski definition) is 1. The lowest BCUT2D eigenvalue weighted by molar-refractivity contribution is -0.116. The first-order valence-corrected chi connectivity index (χ1v) is 4.80. The van der Waals surface area contributed by atoms with Crippen molar-refractivity contribution in [3.05, 3.63) is 33.4 Å². The quantitative estimate of drug-likeness (QED) is 0.659. The molecule has 68 valence electrons. The second-order valence-electron chi connectivity index (χ2n) is 2.46. The van der Waals surface area contributed by atoms with Crippen LogP contribution < -0.4 is 5.73 Å². The van der Waals surface area contributed by atoms with E-state index in [2.05, 4.69) is 27.6 Å². The van der Waals surface area contributed by atoms with Gasteiger partial charge in [-0.25, -0.2) is 0 Å². The van der Waals surface area contributed by atoms with E-state index >= 15 is 0 Å². The van der Waals surface area contributed by atoms with E-state index in [-0.39, 0.29) is 6.54 Å². The predicted molar refractivity (Wildman–Crippen MR) is 60.8 cm³/mol. The molecule has 0 heterocycles. The van der Waals surface area contributed by atoms with E-state index in [0.717, 1.165) is 9.13 Å². The molecular weight excluding hydrogens is 279 g/mol. The highest BCUT2D eigenvalue weighted by molar-refractivity contribution is 14.1. The molecule has 13 heavy (non-hydrogen) atoms. The zero-order valence-electron chi connectivity index (χ0n) is 6.90. The number of carbonyl (C=O) groups excluding carboxylic acids is 1. The number of rotatable bonds is 3. The first-order valence-electron chi connectivity index (χ1n) is 3.73. The summed E-state index contributed by atoms with van der Waals surface area (Å²) in [6.07, 6.45) is 1.66. The first-order chi connectivity index (χ1) is 6.20. The zero-order valence-corrected chi connectivity index (χ0v) is 9.06. The van der Waals surface area contributed by atoms with E-state index in [4.69, 9.17) is 5.73 Å². The average molecular weight is 288 g/mol. The third kappa shape index (κ3) is 3.54. The molecule has 2 N–H and O–H groups in total. The largest absolute Gasteiger partial charge is 0.368 e. The highest BCUT2D eigenvalue weighted by Crippen LogP contribution is 2.08. The van der Waals surface area contributed by atoms with E-state index in [0.29, 0.717) is 0 Å². The molecule has 1 aromatic rings. The molecule has 0 spiro atoms. The fraction of sp³-hybridized carbons (Fsp3) is 0.111. The van der Waals surface area contributed by atoms with Crippen LogP contribution in [0.5, 0.6) is 0 Å². The van der Waals surface area contributed by atoms with Gasteiger partial charge in [-0.3, -0.25) is 9.79 Å². The van der Waals surface area contributed by atoms with Gasteiger partial charge in [0.25, 0.3) is 0 Å². The summed E-state index contributed by atoms with van der Waals surface area (Å²) in [5.74, 6) is -0.415. The second-order valence-corrected chi connectivity index (χ2v) is 3.62. The van der Waals surface area contributed by atoms with Crippen molar-refractivity contribution in [1.29, 1.82) is 0 Å². The minimum Gasteiger partial charge on any atom is -0.368 e. The summed E-state index contributed by atoms with van der Waals surface area (Å²) in [6, 6.07) is 7.79. The molecule has 0 saturated heterocycles. The van der Waals surface area contributed by atoms with Gasteiger partial charge in [0.05, 0.1) is 0 Å². The van der Waals surface area contributed by atoms with Gasteiger partial charge in [0.15, 0.2) is 0 Å². The van der Waals surface area contributed by atoms with Crippen LogP contribution in [0.15, 0.2) is 29.3 Å². The van der Waals surface area contributed by atoms with Gasteiger partial charge in [-0.2, -0.15) is 0 Å². The van der Waals surface area contributed by atoms with Crippen LogP contribution in [0.3, 0.4) is 0 Å². The standard InChI is InChI=1S/C9H9IN2O/c10-8-4-2-1-3-7(8)5-12-6-9(11)13/h1-5H,6H2,(H2,11,13). The van der Waals surface area contributed by atoms with Crippen molar-refractivity contribution in [1.82, 2.24) is 0 Å². The van der Waals surface area contributed by atoms with Crippen molar-refractivity contribution in [2.75, 3.05) is 6.54 Å². The molecular formula is C9H9IN2O. The molecule has 1 rings (SSSR count). The molecule has 4 heteroatoms. The Morgan fingerprint density at radius 1 is 1.54 bits per heavy atom. The molecule has 1 aromatic carbocycles. The minimum atomic E-state index is -0.415. The Hall–Kier alpha value is -0.910. The lowest BCUT2D eigenvalue weighted by Crippen LogP contribution is -2.14. The van der Waals surface area contributed by atoms with Crippen LogP contribution in [-0.4, -0.2) is 18.7 Å². The summed E-state index contributed by atoms with van der Waals surface area (Å²) in [6.45, 7) is 0.0466. The summed E-state index contributed by atoms with van der Waals surface area (Å²) in [4.78, 5) is 14.3. The maximum atomic E-state index is 10.4. The maximum absolute atomic E-state index is 10.4. The molecule has 0 bridgehead atoms. The van der Waals surface area contributed by atoms with Gasteiger partial charge in [-0.05, 0) is 28.7 Å². The van der Waals surface area contributed by atoms with Crippen LogP contribution in [0.2, 0.25) is 0 Å². The SMILES string of the molecule is NC(=O)CN=Cc1ccccc1I. The van der Waals surface area contributed by atoms with Gasteiger partial charge in [0.1, 0.15) is 6.54 Å². The normalized spacial score (nSPS) is 10.5. The van der Waals surface area contributed by atoms with Crippen LogP contribution in [0, 0.1) is 3.57 Å². The number of carbonyl (C=O) groups is 1. The Balaban J connectivity index is 2.68. The van der Waals surface area contributed by atoms with Crippen molar-refractivity contribution in [3.63, 3.8) is 0 Å². The number of halogens is 1. The smallest absolute Gasteiger partial charge is 0.239 e. The van der Waals surface area contributed by atoms with Crippen molar-refractivity contribution < 1.29 is 4.79 Å². The third-order valence-corrected chi connectivity index (χ3v) is 2.37. The number of benzene rings is 1. The molecule has 0 atom stereocenters. The molecule has 3 nitrogen and oxygen atoms in total. The Kier molecular flexibility index (Phi) is 3.88. The number of nitrogens with zero attached hydrogens (tertiary/aromatic N) is 1. The molecule has 0 aromatic heterocycles. The zero-order chi connectivity index (χ0) is 9.68. The van der Waals surface area contributed by atoms with E-state index < -0.39 is 5.91 Å². The second kappa shape index (κ2) is 4.96. The molecule has 0 aliphatic carbocycles. The molecule has 0 fully saturated rings. The molecule has 0 saturated carbocycles. The van der Waals surface area contributed by atoms with Crippen LogP contribution in [0.4, 0.5) is 0 Å². The van der Waals surface area contributed by atoms with Gasteiger partial charge < -0.3 is 5.73 Å². The maximum Gasteiger partial charge on any atom is 0.239 e. The lowest BCUT2D eigenvalue weighted by Gasteiger charge is -1.95. The predicted octanol–water partition coefficient (Wildman–Crippen LogP) is 1.20. The monoisotopic (exact) mass is 288 g/mol. The van der Waals surface area contributed by atoms with Crippen LogP contribution in [-0.2, 0) is 4.79 Å². The van der Waals surface area contributed by atoms with E-state index in [9.17, 15) is 4.79 Å². The molecule has 0 unspecified atom stereocenters. The lowest BCUT2D eigenvalue weighted by atomic mass is 10.2. The topological polar surface area (TPSA) is 55.5 Å². The Bertz CT molecular complexity index is 336. The Labute approximate surface area is 90.2 Å². The Morgan fingerprint density at radius 3 is 2.85 bits per heavy atom. The van der Waals surface area contributed by atoms with Gasteiger partial charge in [-0.15, -0.1) is 0 Å². The van der Waals surface area contributed by atoms with Crippen LogP contribution >= 0.6 is 22.6 Å². The molecule has 0 radical (unpaired) electrons. The fourth-order valence-electron chi connectivity index (χ4n) is 0.814. The van der Waals surface area contributed by atoms with Crippen LogP contribution in [0.25, 0.3) is 0 Å². The summed E-state index contributed by atoms with van der Waals surface area (Å²) in [5.41, 5.74) is 5.94. The molecule has 0 aliphatic heterocycles. The number of hydrogen-bond acceptors (Lipinski definition) is 2.